The van der Waals surface area contributed by atoms with E-state index in [4.69, 9.17) is 9.47 Å². The number of nitrogens with one attached hydrogen (secondary N) is 2. The Labute approximate surface area is 157 Å². The van der Waals surface area contributed by atoms with E-state index in [1.165, 1.54) is 12.8 Å². The average molecular weight is 371 g/mol. The highest BCUT2D eigenvalue weighted by Crippen LogP contribution is 2.26. The van der Waals surface area contributed by atoms with E-state index >= 15 is 0 Å². The van der Waals surface area contributed by atoms with Crippen molar-refractivity contribution in [3.63, 3.8) is 0 Å². The predicted molar refractivity (Wildman–Crippen MR) is 103 cm³/mol. The van der Waals surface area contributed by atoms with Crippen molar-refractivity contribution in [2.75, 3.05) is 32.1 Å². The zero-order valence-corrected chi connectivity index (χ0v) is 16.1. The van der Waals surface area contributed by atoms with Crippen LogP contribution in [0.2, 0.25) is 0 Å². The van der Waals surface area contributed by atoms with E-state index in [9.17, 15) is 4.79 Å². The Morgan fingerprint density at radius 3 is 2.92 bits per heavy atom. The van der Waals surface area contributed by atoms with Crippen molar-refractivity contribution in [1.82, 2.24) is 5.32 Å². The lowest BCUT2D eigenvalue weighted by Crippen LogP contribution is -2.30. The number of halogens is 1. The fourth-order valence-electron chi connectivity index (χ4n) is 3.06. The van der Waals surface area contributed by atoms with Crippen LogP contribution >= 0.6 is 12.4 Å². The van der Waals surface area contributed by atoms with Crippen LogP contribution in [0.15, 0.2) is 24.3 Å². The number of hydrogen-bond acceptors (Lipinski definition) is 4. The van der Waals surface area contributed by atoms with E-state index in [1.807, 2.05) is 24.3 Å². The van der Waals surface area contributed by atoms with Crippen LogP contribution in [-0.4, -0.2) is 38.8 Å². The molecule has 1 fully saturated rings. The quantitative estimate of drug-likeness (QED) is 0.654. The van der Waals surface area contributed by atoms with Crippen LogP contribution in [0.5, 0.6) is 0 Å². The van der Waals surface area contributed by atoms with Gasteiger partial charge < -0.3 is 20.1 Å². The Morgan fingerprint density at radius 2 is 2.16 bits per heavy atom. The number of benzene rings is 1. The molecular weight excluding hydrogens is 340 g/mol. The van der Waals surface area contributed by atoms with Gasteiger partial charge in [0.1, 0.15) is 0 Å². The minimum atomic E-state index is -0.0507. The van der Waals surface area contributed by atoms with Gasteiger partial charge in [0, 0.05) is 19.3 Å². The molecule has 0 radical (unpaired) electrons. The summed E-state index contributed by atoms with van der Waals surface area (Å²) in [6.45, 7) is 4.45. The van der Waals surface area contributed by atoms with Gasteiger partial charge in [-0.05, 0) is 36.5 Å². The van der Waals surface area contributed by atoms with E-state index in [0.29, 0.717) is 25.9 Å². The molecule has 5 nitrogen and oxygen atoms in total. The van der Waals surface area contributed by atoms with Crippen LogP contribution < -0.4 is 10.6 Å². The predicted octanol–water partition coefficient (Wildman–Crippen LogP) is 3.38. The third-order valence-electron chi connectivity index (χ3n) is 4.35. The molecule has 142 valence electrons. The third kappa shape index (κ3) is 8.68. The number of amides is 1. The summed E-state index contributed by atoms with van der Waals surface area (Å²) in [5.74, 6) is 0.713. The third-order valence-corrected chi connectivity index (χ3v) is 4.35. The van der Waals surface area contributed by atoms with Crippen molar-refractivity contribution in [2.45, 2.75) is 45.3 Å². The van der Waals surface area contributed by atoms with E-state index in [2.05, 4.69) is 17.6 Å². The summed E-state index contributed by atoms with van der Waals surface area (Å²) in [6, 6.07) is 7.88. The molecule has 1 aliphatic rings. The molecule has 1 amide bonds. The molecule has 2 atom stereocenters. The van der Waals surface area contributed by atoms with E-state index in [-0.39, 0.29) is 24.9 Å². The maximum absolute atomic E-state index is 11.9. The monoisotopic (exact) mass is 370 g/mol. The molecule has 2 N–H and O–H groups in total. The van der Waals surface area contributed by atoms with Crippen molar-refractivity contribution in [3.8, 4) is 0 Å². The molecule has 0 aromatic heterocycles. The standard InChI is InChI=1S/C19H30N2O3.ClH/c1-15-5-3-8-18(11-15)24-14-16-6-4-7-17(12-16)21-19(22)13-20-9-10-23-2;/h4,6-7,12,15,18,20H,3,5,8-11,13-14H2,1-2H3,(H,21,22);1H. The number of ether oxygens (including phenoxy) is 2. The van der Waals surface area contributed by atoms with Crippen molar-refractivity contribution in [2.24, 2.45) is 5.92 Å². The molecule has 1 saturated carbocycles. The van der Waals surface area contributed by atoms with Gasteiger partial charge in [-0.2, -0.15) is 0 Å². The minimum absolute atomic E-state index is 0. The van der Waals surface area contributed by atoms with Crippen molar-refractivity contribution in [3.05, 3.63) is 29.8 Å². The topological polar surface area (TPSA) is 59.6 Å². The van der Waals surface area contributed by atoms with E-state index in [1.54, 1.807) is 7.11 Å². The Balaban J connectivity index is 0.00000312. The maximum atomic E-state index is 11.9. The van der Waals surface area contributed by atoms with Crippen LogP contribution in [0.25, 0.3) is 0 Å². The zero-order valence-electron chi connectivity index (χ0n) is 15.3. The first-order valence-electron chi connectivity index (χ1n) is 8.87. The van der Waals surface area contributed by atoms with Crippen molar-refractivity contribution < 1.29 is 14.3 Å². The number of anilines is 1. The fourth-order valence-corrected chi connectivity index (χ4v) is 3.06. The molecule has 2 rings (SSSR count). The normalized spacial score (nSPS) is 19.9. The molecule has 0 aliphatic heterocycles. The summed E-state index contributed by atoms with van der Waals surface area (Å²) in [5.41, 5.74) is 1.91. The maximum Gasteiger partial charge on any atom is 0.238 e. The minimum Gasteiger partial charge on any atom is -0.383 e. The Kier molecular flexibility index (Phi) is 10.7. The van der Waals surface area contributed by atoms with Crippen LogP contribution in [0, 0.1) is 5.92 Å². The van der Waals surface area contributed by atoms with Gasteiger partial charge in [-0.3, -0.25) is 4.79 Å². The molecule has 6 heteroatoms. The van der Waals surface area contributed by atoms with E-state index < -0.39 is 0 Å². The Bertz CT molecular complexity index is 513. The number of methoxy groups -OCH3 is 1. The van der Waals surface area contributed by atoms with Gasteiger partial charge in [0.2, 0.25) is 5.91 Å². The second-order valence-electron chi connectivity index (χ2n) is 6.62. The first-order chi connectivity index (χ1) is 11.7. The van der Waals surface area contributed by atoms with Gasteiger partial charge in [0.15, 0.2) is 0 Å². The van der Waals surface area contributed by atoms with Gasteiger partial charge in [0.25, 0.3) is 0 Å². The second-order valence-corrected chi connectivity index (χ2v) is 6.62. The first kappa shape index (κ1) is 21.9. The van der Waals surface area contributed by atoms with Crippen molar-refractivity contribution in [1.29, 1.82) is 0 Å². The lowest BCUT2D eigenvalue weighted by atomic mass is 9.89. The van der Waals surface area contributed by atoms with Crippen LogP contribution in [0.4, 0.5) is 5.69 Å². The van der Waals surface area contributed by atoms with Gasteiger partial charge in [-0.15, -0.1) is 12.4 Å². The van der Waals surface area contributed by atoms with Gasteiger partial charge in [-0.25, -0.2) is 0 Å². The molecule has 0 bridgehead atoms. The molecule has 25 heavy (non-hydrogen) atoms. The first-order valence-corrected chi connectivity index (χ1v) is 8.87. The highest BCUT2D eigenvalue weighted by atomic mass is 35.5. The lowest BCUT2D eigenvalue weighted by molar-refractivity contribution is -0.115. The largest absolute Gasteiger partial charge is 0.383 e. The van der Waals surface area contributed by atoms with E-state index in [0.717, 1.165) is 30.0 Å². The summed E-state index contributed by atoms with van der Waals surface area (Å²) < 4.78 is 11.0. The highest BCUT2D eigenvalue weighted by molar-refractivity contribution is 5.92. The van der Waals surface area contributed by atoms with Crippen molar-refractivity contribution >= 4 is 24.0 Å². The summed E-state index contributed by atoms with van der Waals surface area (Å²) in [5, 5.41) is 5.94. The summed E-state index contributed by atoms with van der Waals surface area (Å²) in [4.78, 5) is 11.9. The van der Waals surface area contributed by atoms with Gasteiger partial charge >= 0.3 is 0 Å². The summed E-state index contributed by atoms with van der Waals surface area (Å²) in [6.07, 6.45) is 5.27. The highest BCUT2D eigenvalue weighted by Gasteiger charge is 2.19. The molecule has 1 aromatic rings. The zero-order chi connectivity index (χ0) is 17.2. The molecule has 1 aromatic carbocycles. The molecular formula is C19H31ClN2O3. The lowest BCUT2D eigenvalue weighted by Gasteiger charge is -2.26. The molecule has 0 heterocycles. The number of hydrogen-bond donors (Lipinski definition) is 2. The molecule has 2 unspecified atom stereocenters. The number of carbonyl (C=O) groups excluding carboxylic acids is 1. The Morgan fingerprint density at radius 1 is 1.32 bits per heavy atom. The number of rotatable bonds is 9. The Hall–Kier alpha value is -1.14. The SMILES string of the molecule is COCCNCC(=O)Nc1cccc(COC2CCCC(C)C2)c1.Cl. The average Bonchev–Trinajstić information content (AvgIpc) is 2.57. The van der Waals surface area contributed by atoms with Crippen LogP contribution in [0.3, 0.4) is 0 Å². The molecule has 1 aliphatic carbocycles. The summed E-state index contributed by atoms with van der Waals surface area (Å²) in [7, 11) is 1.64. The fraction of sp³-hybridized carbons (Fsp3) is 0.632. The number of carbonyl (C=O) groups is 1. The molecule has 0 saturated heterocycles. The van der Waals surface area contributed by atoms with Gasteiger partial charge in [-0.1, -0.05) is 31.9 Å². The van der Waals surface area contributed by atoms with Crippen LogP contribution in [-0.2, 0) is 20.9 Å². The molecule has 0 spiro atoms. The second kappa shape index (κ2) is 12.3. The van der Waals surface area contributed by atoms with Crippen LogP contribution in [0.1, 0.15) is 38.2 Å². The summed E-state index contributed by atoms with van der Waals surface area (Å²) >= 11 is 0. The van der Waals surface area contributed by atoms with Gasteiger partial charge in [0.05, 0.1) is 25.9 Å². The smallest absolute Gasteiger partial charge is 0.238 e.